The molecule has 0 aliphatic rings. The first-order valence-electron chi connectivity index (χ1n) is 7.12. The van der Waals surface area contributed by atoms with Crippen molar-refractivity contribution >= 4 is 11.3 Å². The largest absolute Gasteiger partial charge is 0.310 e. The van der Waals surface area contributed by atoms with Gasteiger partial charge in [-0.05, 0) is 55.3 Å². The van der Waals surface area contributed by atoms with Crippen molar-refractivity contribution in [3.05, 3.63) is 57.8 Å². The van der Waals surface area contributed by atoms with Gasteiger partial charge in [0.25, 0.3) is 0 Å². The Kier molecular flexibility index (Phi) is 5.62. The minimum atomic E-state index is 0.475. The second-order valence-electron chi connectivity index (χ2n) is 4.98. The first-order valence-corrected chi connectivity index (χ1v) is 8.00. The van der Waals surface area contributed by atoms with Gasteiger partial charge in [0.2, 0.25) is 0 Å². The highest BCUT2D eigenvalue weighted by Crippen LogP contribution is 2.23. The summed E-state index contributed by atoms with van der Waals surface area (Å²) in [6.07, 6.45) is 3.51. The molecular weight excluding hydrogens is 250 g/mol. The Bertz CT molecular complexity index is 476. The third-order valence-electron chi connectivity index (χ3n) is 3.46. The van der Waals surface area contributed by atoms with Crippen molar-refractivity contribution in [2.45, 2.75) is 39.2 Å². The van der Waals surface area contributed by atoms with Gasteiger partial charge in [0.05, 0.1) is 0 Å². The minimum absolute atomic E-state index is 0.475. The molecule has 1 N–H and O–H groups in total. The lowest BCUT2D eigenvalue weighted by atomic mass is 9.97. The Morgan fingerprint density at radius 1 is 1.16 bits per heavy atom. The highest BCUT2D eigenvalue weighted by Gasteiger charge is 2.12. The molecule has 19 heavy (non-hydrogen) atoms. The van der Waals surface area contributed by atoms with E-state index in [0.29, 0.717) is 6.04 Å². The van der Waals surface area contributed by atoms with E-state index in [2.05, 4.69) is 60.9 Å². The molecule has 0 aliphatic heterocycles. The number of benzene rings is 1. The predicted octanol–water partition coefficient (Wildman–Crippen LogP) is 4.73. The Morgan fingerprint density at radius 2 is 2.00 bits per heavy atom. The zero-order valence-corrected chi connectivity index (χ0v) is 12.7. The predicted molar refractivity (Wildman–Crippen MR) is 84.9 cm³/mol. The summed E-state index contributed by atoms with van der Waals surface area (Å²) in [6, 6.07) is 13.6. The van der Waals surface area contributed by atoms with Crippen molar-refractivity contribution in [3.63, 3.8) is 0 Å². The summed E-state index contributed by atoms with van der Waals surface area (Å²) in [5.74, 6) is 0. The quantitative estimate of drug-likeness (QED) is 0.769. The van der Waals surface area contributed by atoms with Gasteiger partial charge >= 0.3 is 0 Å². The van der Waals surface area contributed by atoms with Crippen LogP contribution in [0.3, 0.4) is 0 Å². The molecule has 0 fully saturated rings. The molecule has 0 aliphatic carbocycles. The van der Waals surface area contributed by atoms with Crippen LogP contribution in [-0.4, -0.2) is 6.54 Å². The van der Waals surface area contributed by atoms with Gasteiger partial charge in [-0.1, -0.05) is 37.3 Å². The first-order chi connectivity index (χ1) is 9.31. The van der Waals surface area contributed by atoms with Crippen molar-refractivity contribution in [3.8, 4) is 0 Å². The van der Waals surface area contributed by atoms with Crippen LogP contribution in [0.25, 0.3) is 0 Å². The molecule has 2 rings (SSSR count). The first kappa shape index (κ1) is 14.3. The molecule has 1 heterocycles. The van der Waals surface area contributed by atoms with Crippen molar-refractivity contribution in [1.29, 1.82) is 0 Å². The highest BCUT2D eigenvalue weighted by atomic mass is 32.1. The van der Waals surface area contributed by atoms with Crippen molar-refractivity contribution in [2.75, 3.05) is 6.54 Å². The fourth-order valence-electron chi connectivity index (χ4n) is 2.41. The Balaban J connectivity index is 2.05. The van der Waals surface area contributed by atoms with Crippen LogP contribution in [0.4, 0.5) is 0 Å². The van der Waals surface area contributed by atoms with Crippen LogP contribution < -0.4 is 5.32 Å². The van der Waals surface area contributed by atoms with E-state index in [0.717, 1.165) is 13.0 Å². The maximum Gasteiger partial charge on any atom is 0.0326 e. The number of hydrogen-bond acceptors (Lipinski definition) is 2. The number of rotatable bonds is 7. The molecule has 1 nitrogen and oxygen atoms in total. The van der Waals surface area contributed by atoms with Gasteiger partial charge in [-0.15, -0.1) is 11.3 Å². The minimum Gasteiger partial charge on any atom is -0.310 e. The SMILES string of the molecule is CCCNC(CCc1cccs1)c1ccccc1C. The molecule has 1 atom stereocenters. The van der Waals surface area contributed by atoms with E-state index >= 15 is 0 Å². The van der Waals surface area contributed by atoms with Crippen LogP contribution in [0.15, 0.2) is 41.8 Å². The molecule has 1 aromatic carbocycles. The molecule has 0 saturated heterocycles. The summed E-state index contributed by atoms with van der Waals surface area (Å²) in [4.78, 5) is 1.48. The van der Waals surface area contributed by atoms with Crippen molar-refractivity contribution < 1.29 is 0 Å². The van der Waals surface area contributed by atoms with Gasteiger partial charge in [0.15, 0.2) is 0 Å². The molecule has 2 aromatic rings. The van der Waals surface area contributed by atoms with E-state index in [1.807, 2.05) is 11.3 Å². The summed E-state index contributed by atoms with van der Waals surface area (Å²) < 4.78 is 0. The Morgan fingerprint density at radius 3 is 2.68 bits per heavy atom. The van der Waals surface area contributed by atoms with Crippen molar-refractivity contribution in [1.82, 2.24) is 5.32 Å². The van der Waals surface area contributed by atoms with Crippen molar-refractivity contribution in [2.24, 2.45) is 0 Å². The number of nitrogens with one attached hydrogen (secondary N) is 1. The van der Waals surface area contributed by atoms with Gasteiger partial charge in [-0.3, -0.25) is 0 Å². The molecule has 0 bridgehead atoms. The lowest BCUT2D eigenvalue weighted by molar-refractivity contribution is 0.499. The topological polar surface area (TPSA) is 12.0 Å². The van der Waals surface area contributed by atoms with E-state index in [1.54, 1.807) is 0 Å². The van der Waals surface area contributed by atoms with Crippen LogP contribution in [0.5, 0.6) is 0 Å². The number of aryl methyl sites for hydroxylation is 2. The molecular formula is C17H23NS. The normalized spacial score (nSPS) is 12.5. The summed E-state index contributed by atoms with van der Waals surface area (Å²) in [5, 5.41) is 5.86. The van der Waals surface area contributed by atoms with Crippen LogP contribution in [0.2, 0.25) is 0 Å². The number of hydrogen-bond donors (Lipinski definition) is 1. The fraction of sp³-hybridized carbons (Fsp3) is 0.412. The molecule has 102 valence electrons. The summed E-state index contributed by atoms with van der Waals surface area (Å²) in [7, 11) is 0. The lowest BCUT2D eigenvalue weighted by Gasteiger charge is -2.20. The second-order valence-corrected chi connectivity index (χ2v) is 6.01. The molecule has 0 amide bonds. The maximum absolute atomic E-state index is 3.69. The van der Waals surface area contributed by atoms with Crippen LogP contribution in [0.1, 0.15) is 41.8 Å². The summed E-state index contributed by atoms with van der Waals surface area (Å²) in [5.41, 5.74) is 2.84. The average Bonchev–Trinajstić information content (AvgIpc) is 2.93. The number of thiophene rings is 1. The van der Waals surface area contributed by atoms with Gasteiger partial charge < -0.3 is 5.32 Å². The van der Waals surface area contributed by atoms with Gasteiger partial charge in [0.1, 0.15) is 0 Å². The molecule has 0 radical (unpaired) electrons. The standard InChI is InChI=1S/C17H23NS/c1-3-12-18-17(11-10-15-8-6-13-19-15)16-9-5-4-7-14(16)2/h4-9,13,17-18H,3,10-12H2,1-2H3. The summed E-state index contributed by atoms with van der Waals surface area (Å²) in [6.45, 7) is 5.52. The zero-order chi connectivity index (χ0) is 13.5. The smallest absolute Gasteiger partial charge is 0.0326 e. The van der Waals surface area contributed by atoms with E-state index in [4.69, 9.17) is 0 Å². The van der Waals surface area contributed by atoms with Crippen LogP contribution >= 0.6 is 11.3 Å². The monoisotopic (exact) mass is 273 g/mol. The molecule has 1 aromatic heterocycles. The molecule has 0 spiro atoms. The lowest BCUT2D eigenvalue weighted by Crippen LogP contribution is -2.23. The fourth-order valence-corrected chi connectivity index (χ4v) is 3.13. The summed E-state index contributed by atoms with van der Waals surface area (Å²) >= 11 is 1.86. The van der Waals surface area contributed by atoms with E-state index in [9.17, 15) is 0 Å². The molecule has 1 unspecified atom stereocenters. The maximum atomic E-state index is 3.69. The second kappa shape index (κ2) is 7.46. The Labute approximate surface area is 120 Å². The average molecular weight is 273 g/mol. The third kappa shape index (κ3) is 4.19. The van der Waals surface area contributed by atoms with E-state index in [-0.39, 0.29) is 0 Å². The highest BCUT2D eigenvalue weighted by molar-refractivity contribution is 7.09. The molecule has 0 saturated carbocycles. The van der Waals surface area contributed by atoms with E-state index < -0.39 is 0 Å². The third-order valence-corrected chi connectivity index (χ3v) is 4.40. The van der Waals surface area contributed by atoms with Gasteiger partial charge in [0, 0.05) is 10.9 Å². The zero-order valence-electron chi connectivity index (χ0n) is 11.9. The van der Waals surface area contributed by atoms with Gasteiger partial charge in [-0.2, -0.15) is 0 Å². The van der Waals surface area contributed by atoms with Crippen LogP contribution in [0, 0.1) is 6.92 Å². The Hall–Kier alpha value is -1.12. The van der Waals surface area contributed by atoms with Gasteiger partial charge in [-0.25, -0.2) is 0 Å². The molecule has 2 heteroatoms. The van der Waals surface area contributed by atoms with E-state index in [1.165, 1.54) is 28.8 Å². The van der Waals surface area contributed by atoms with Crippen LogP contribution in [-0.2, 0) is 6.42 Å².